The first kappa shape index (κ1) is 25.3. The molecule has 9 rings (SSSR count). The van der Waals surface area contributed by atoms with Crippen molar-refractivity contribution in [1.82, 2.24) is 0 Å². The molecular weight excluding hydrogens is 528 g/mol. The molecule has 0 aliphatic heterocycles. The van der Waals surface area contributed by atoms with Crippen LogP contribution in [0.4, 0.5) is 0 Å². The third kappa shape index (κ3) is 3.18. The molecule has 0 N–H and O–H groups in total. The number of fused-ring (bicyclic) bond motifs is 10. The molecule has 7 aromatic rings. The van der Waals surface area contributed by atoms with Gasteiger partial charge in [-0.25, -0.2) is 0 Å². The van der Waals surface area contributed by atoms with Crippen LogP contribution in [0.15, 0.2) is 146 Å². The van der Waals surface area contributed by atoms with Gasteiger partial charge in [-0.3, -0.25) is 0 Å². The van der Waals surface area contributed by atoms with Crippen molar-refractivity contribution in [3.05, 3.63) is 173 Å². The molecule has 0 fully saturated rings. The van der Waals surface area contributed by atoms with Crippen LogP contribution in [0.1, 0.15) is 48.1 Å². The second-order valence-corrected chi connectivity index (χ2v) is 12.2. The van der Waals surface area contributed by atoms with E-state index in [0.29, 0.717) is 0 Å². The fraction of sp³-hybridized carbons (Fsp3) is 0.0909. The van der Waals surface area contributed by atoms with Gasteiger partial charge in [0, 0.05) is 0 Å². The number of benzene rings is 7. The average molecular weight is 561 g/mol. The molecule has 0 unspecified atom stereocenters. The first-order valence-corrected chi connectivity index (χ1v) is 15.8. The van der Waals surface area contributed by atoms with E-state index >= 15 is 0 Å². The Hall–Kier alpha value is -5.20. The molecule has 0 saturated heterocycles. The quantitative estimate of drug-likeness (QED) is 0.148. The van der Waals surface area contributed by atoms with Crippen LogP contribution in [-0.4, -0.2) is 0 Å². The topological polar surface area (TPSA) is 0 Å². The van der Waals surface area contributed by atoms with Crippen LogP contribution in [0.3, 0.4) is 0 Å². The lowest BCUT2D eigenvalue weighted by Gasteiger charge is -2.31. The SMILES string of the molecule is C/C=C(\C=C/CC)c1ccc2c(c1)c1cccc3c1c1c(cc(-c4ccccc4)cc21)C31c2ccccc2-c2ccccc21. The normalized spacial score (nSPS) is 14.5. The summed E-state index contributed by atoms with van der Waals surface area (Å²) in [6.07, 6.45) is 7.77. The molecule has 0 atom stereocenters. The van der Waals surface area contributed by atoms with Crippen molar-refractivity contribution < 1.29 is 0 Å². The molecule has 0 saturated carbocycles. The van der Waals surface area contributed by atoms with Crippen molar-refractivity contribution in [2.24, 2.45) is 0 Å². The predicted octanol–water partition coefficient (Wildman–Crippen LogP) is 11.9. The van der Waals surface area contributed by atoms with Crippen molar-refractivity contribution >= 4 is 37.9 Å². The minimum atomic E-state index is -0.364. The van der Waals surface area contributed by atoms with Crippen LogP contribution in [0.2, 0.25) is 0 Å². The van der Waals surface area contributed by atoms with Crippen molar-refractivity contribution in [3.8, 4) is 22.3 Å². The summed E-state index contributed by atoms with van der Waals surface area (Å²) in [5.74, 6) is 0. The van der Waals surface area contributed by atoms with Gasteiger partial charge in [-0.05, 0) is 120 Å². The van der Waals surface area contributed by atoms with E-state index in [1.165, 1.54) is 88.0 Å². The lowest BCUT2D eigenvalue weighted by atomic mass is 9.70. The largest absolute Gasteiger partial charge is 0.0842 e. The molecule has 1 spiro atoms. The fourth-order valence-corrected chi connectivity index (χ4v) is 8.32. The maximum Gasteiger partial charge on any atom is 0.0726 e. The molecule has 7 aromatic carbocycles. The van der Waals surface area contributed by atoms with Crippen molar-refractivity contribution in [3.63, 3.8) is 0 Å². The molecule has 2 aliphatic rings. The smallest absolute Gasteiger partial charge is 0.0726 e. The first-order chi connectivity index (χ1) is 21.8. The van der Waals surface area contributed by atoms with Gasteiger partial charge in [-0.15, -0.1) is 0 Å². The Kier molecular flexibility index (Phi) is 5.41. The summed E-state index contributed by atoms with van der Waals surface area (Å²) >= 11 is 0. The Balaban J connectivity index is 1.49. The van der Waals surface area contributed by atoms with Gasteiger partial charge in [0.05, 0.1) is 5.41 Å². The van der Waals surface area contributed by atoms with Gasteiger partial charge in [0.25, 0.3) is 0 Å². The highest BCUT2D eigenvalue weighted by molar-refractivity contribution is 6.30. The summed E-state index contributed by atoms with van der Waals surface area (Å²) in [5, 5.41) is 8.13. The van der Waals surface area contributed by atoms with E-state index in [1.54, 1.807) is 0 Å². The standard InChI is InChI=1S/C44H32/c1-3-5-14-28(4-2)30-23-24-32-36(25-30)35-19-13-22-40-42(35)43-37(32)26-31(29-15-7-6-8-16-29)27-41(43)44(40)38-20-11-9-17-33(38)34-18-10-12-21-39(34)44/h4-27H,3H2,1-2H3/b14-5-,28-4+. The fourth-order valence-electron chi connectivity index (χ4n) is 8.32. The lowest BCUT2D eigenvalue weighted by Crippen LogP contribution is -2.26. The molecule has 0 radical (unpaired) electrons. The minimum absolute atomic E-state index is 0.364. The number of rotatable bonds is 4. The van der Waals surface area contributed by atoms with E-state index in [-0.39, 0.29) is 5.41 Å². The molecule has 0 heteroatoms. The Morgan fingerprint density at radius 3 is 1.95 bits per heavy atom. The van der Waals surface area contributed by atoms with Crippen molar-refractivity contribution in [1.29, 1.82) is 0 Å². The van der Waals surface area contributed by atoms with Crippen LogP contribution in [0.5, 0.6) is 0 Å². The third-order valence-electron chi connectivity index (χ3n) is 10.1. The third-order valence-corrected chi connectivity index (χ3v) is 10.1. The Bertz CT molecular complexity index is 2320. The summed E-state index contributed by atoms with van der Waals surface area (Å²) < 4.78 is 0. The van der Waals surface area contributed by atoms with Crippen molar-refractivity contribution in [2.75, 3.05) is 0 Å². The summed E-state index contributed by atoms with van der Waals surface area (Å²) in [6, 6.07) is 48.2. The van der Waals surface area contributed by atoms with Gasteiger partial charge in [-0.1, -0.05) is 134 Å². The molecule has 208 valence electrons. The van der Waals surface area contributed by atoms with Crippen LogP contribution >= 0.6 is 0 Å². The van der Waals surface area contributed by atoms with E-state index in [2.05, 4.69) is 159 Å². The minimum Gasteiger partial charge on any atom is -0.0842 e. The maximum absolute atomic E-state index is 2.50. The molecule has 0 bridgehead atoms. The van der Waals surface area contributed by atoms with Gasteiger partial charge >= 0.3 is 0 Å². The van der Waals surface area contributed by atoms with E-state index in [4.69, 9.17) is 0 Å². The van der Waals surface area contributed by atoms with E-state index < -0.39 is 0 Å². The van der Waals surface area contributed by atoms with Gasteiger partial charge in [0.15, 0.2) is 0 Å². The Morgan fingerprint density at radius 2 is 1.23 bits per heavy atom. The van der Waals surface area contributed by atoms with Crippen LogP contribution in [0, 0.1) is 0 Å². The summed E-state index contributed by atoms with van der Waals surface area (Å²) in [5.41, 5.74) is 13.0. The molecule has 2 aliphatic carbocycles. The lowest BCUT2D eigenvalue weighted by molar-refractivity contribution is 0.797. The highest BCUT2D eigenvalue weighted by atomic mass is 14.5. The van der Waals surface area contributed by atoms with Crippen LogP contribution in [-0.2, 0) is 5.41 Å². The van der Waals surface area contributed by atoms with E-state index in [0.717, 1.165) is 6.42 Å². The van der Waals surface area contributed by atoms with E-state index in [1.807, 2.05) is 0 Å². The molecular formula is C44H32. The highest BCUT2D eigenvalue weighted by Gasteiger charge is 2.51. The van der Waals surface area contributed by atoms with Gasteiger partial charge in [0.1, 0.15) is 0 Å². The molecule has 0 heterocycles. The maximum atomic E-state index is 2.50. The van der Waals surface area contributed by atoms with E-state index in [9.17, 15) is 0 Å². The first-order valence-electron chi connectivity index (χ1n) is 15.8. The zero-order valence-electron chi connectivity index (χ0n) is 25.1. The molecule has 0 amide bonds. The summed E-state index contributed by atoms with van der Waals surface area (Å²) in [4.78, 5) is 0. The number of hydrogen-bond acceptors (Lipinski definition) is 0. The predicted molar refractivity (Wildman–Crippen MR) is 188 cm³/mol. The van der Waals surface area contributed by atoms with Crippen LogP contribution in [0.25, 0.3) is 60.1 Å². The van der Waals surface area contributed by atoms with Gasteiger partial charge in [-0.2, -0.15) is 0 Å². The molecule has 0 nitrogen and oxygen atoms in total. The van der Waals surface area contributed by atoms with Gasteiger partial charge in [0.2, 0.25) is 0 Å². The second-order valence-electron chi connectivity index (χ2n) is 12.2. The molecule has 44 heavy (non-hydrogen) atoms. The second kappa shape index (κ2) is 9.40. The molecule has 0 aromatic heterocycles. The number of hydrogen-bond donors (Lipinski definition) is 0. The van der Waals surface area contributed by atoms with Crippen LogP contribution < -0.4 is 0 Å². The summed E-state index contributed by atoms with van der Waals surface area (Å²) in [6.45, 7) is 4.33. The highest BCUT2D eigenvalue weighted by Crippen LogP contribution is 2.63. The Morgan fingerprint density at radius 1 is 0.545 bits per heavy atom. The monoisotopic (exact) mass is 560 g/mol. The average Bonchev–Trinajstić information content (AvgIpc) is 3.56. The Labute approximate surface area is 258 Å². The zero-order chi connectivity index (χ0) is 29.4. The van der Waals surface area contributed by atoms with Gasteiger partial charge < -0.3 is 0 Å². The zero-order valence-corrected chi connectivity index (χ0v) is 25.1. The number of allylic oxidation sites excluding steroid dienone is 4. The van der Waals surface area contributed by atoms with Crippen molar-refractivity contribution in [2.45, 2.75) is 25.7 Å². The summed E-state index contributed by atoms with van der Waals surface area (Å²) in [7, 11) is 0.